The Labute approximate surface area is 119 Å². The summed E-state index contributed by atoms with van der Waals surface area (Å²) in [5, 5.41) is 0.402. The lowest BCUT2D eigenvalue weighted by molar-refractivity contribution is 0.101. The van der Waals surface area contributed by atoms with Crippen LogP contribution in [0.15, 0.2) is 36.4 Å². The van der Waals surface area contributed by atoms with Crippen molar-refractivity contribution in [1.82, 2.24) is 0 Å². The maximum Gasteiger partial charge on any atom is 0.165 e. The van der Waals surface area contributed by atoms with Crippen LogP contribution in [0, 0.1) is 11.6 Å². The maximum absolute atomic E-state index is 13.5. The Hall–Kier alpha value is -1.94. The molecule has 20 heavy (non-hydrogen) atoms. The highest BCUT2D eigenvalue weighted by Gasteiger charge is 2.12. The molecule has 0 aromatic heterocycles. The van der Waals surface area contributed by atoms with E-state index in [4.69, 9.17) is 16.3 Å². The number of halogens is 3. The Morgan fingerprint density at radius 3 is 2.70 bits per heavy atom. The van der Waals surface area contributed by atoms with Crippen LogP contribution in [-0.2, 0) is 6.61 Å². The van der Waals surface area contributed by atoms with Crippen molar-refractivity contribution in [3.05, 3.63) is 64.2 Å². The molecule has 2 aromatic rings. The summed E-state index contributed by atoms with van der Waals surface area (Å²) in [5.41, 5.74) is 0.378. The second-order valence-corrected chi connectivity index (χ2v) is 4.63. The minimum atomic E-state index is -0.953. The Bertz CT molecular complexity index is 656. The van der Waals surface area contributed by atoms with Gasteiger partial charge in [0.05, 0.1) is 5.56 Å². The SMILES string of the molecule is CC(=O)c1cc(Cl)ccc1OCc1cccc(F)c1F. The summed E-state index contributed by atoms with van der Waals surface area (Å²) in [7, 11) is 0. The van der Waals surface area contributed by atoms with Gasteiger partial charge in [0.25, 0.3) is 0 Å². The third-order valence-corrected chi connectivity index (χ3v) is 2.97. The molecule has 0 heterocycles. The van der Waals surface area contributed by atoms with Gasteiger partial charge in [-0.3, -0.25) is 4.79 Å². The first kappa shape index (κ1) is 14.5. The van der Waals surface area contributed by atoms with Crippen molar-refractivity contribution < 1.29 is 18.3 Å². The summed E-state index contributed by atoms with van der Waals surface area (Å²) < 4.78 is 31.9. The molecule has 0 bridgehead atoms. The van der Waals surface area contributed by atoms with Gasteiger partial charge in [0, 0.05) is 10.6 Å². The standard InChI is InChI=1S/C15H11ClF2O2/c1-9(19)12-7-11(16)5-6-14(12)20-8-10-3-2-4-13(17)15(10)18/h2-7H,8H2,1H3. The highest BCUT2D eigenvalue weighted by molar-refractivity contribution is 6.31. The number of carbonyl (C=O) groups is 1. The highest BCUT2D eigenvalue weighted by Crippen LogP contribution is 2.24. The van der Waals surface area contributed by atoms with Crippen LogP contribution in [0.25, 0.3) is 0 Å². The van der Waals surface area contributed by atoms with Gasteiger partial charge in [-0.25, -0.2) is 8.78 Å². The summed E-state index contributed by atoms with van der Waals surface area (Å²) in [6.45, 7) is 1.20. The number of ether oxygens (including phenoxy) is 1. The number of carbonyl (C=O) groups excluding carboxylic acids is 1. The van der Waals surface area contributed by atoms with Crippen LogP contribution in [0.2, 0.25) is 5.02 Å². The third kappa shape index (κ3) is 3.14. The van der Waals surface area contributed by atoms with Crippen molar-refractivity contribution in [1.29, 1.82) is 0 Å². The van der Waals surface area contributed by atoms with Gasteiger partial charge in [-0.1, -0.05) is 23.7 Å². The van der Waals surface area contributed by atoms with Gasteiger partial charge in [-0.15, -0.1) is 0 Å². The molecule has 104 valence electrons. The summed E-state index contributed by atoms with van der Waals surface area (Å²) >= 11 is 5.81. The summed E-state index contributed by atoms with van der Waals surface area (Å²) in [5.74, 6) is -1.83. The number of hydrogen-bond donors (Lipinski definition) is 0. The summed E-state index contributed by atoms with van der Waals surface area (Å²) in [6.07, 6.45) is 0. The van der Waals surface area contributed by atoms with Gasteiger partial charge in [0.2, 0.25) is 0 Å². The number of rotatable bonds is 4. The topological polar surface area (TPSA) is 26.3 Å². The predicted octanol–water partition coefficient (Wildman–Crippen LogP) is 4.40. The van der Waals surface area contributed by atoms with Gasteiger partial charge in [0.15, 0.2) is 17.4 Å². The lowest BCUT2D eigenvalue weighted by Crippen LogP contribution is -2.04. The number of ketones is 1. The predicted molar refractivity (Wildman–Crippen MR) is 72.1 cm³/mol. The van der Waals surface area contributed by atoms with Crippen LogP contribution in [0.4, 0.5) is 8.78 Å². The minimum Gasteiger partial charge on any atom is -0.488 e. The van der Waals surface area contributed by atoms with E-state index in [2.05, 4.69) is 0 Å². The quantitative estimate of drug-likeness (QED) is 0.782. The van der Waals surface area contributed by atoms with Crippen molar-refractivity contribution in [2.75, 3.05) is 0 Å². The van der Waals surface area contributed by atoms with E-state index in [1.807, 2.05) is 0 Å². The van der Waals surface area contributed by atoms with Gasteiger partial charge >= 0.3 is 0 Å². The molecule has 0 aliphatic rings. The Morgan fingerprint density at radius 1 is 1.25 bits per heavy atom. The molecular weight excluding hydrogens is 286 g/mol. The molecule has 0 fully saturated rings. The fourth-order valence-corrected chi connectivity index (χ4v) is 1.89. The van der Waals surface area contributed by atoms with Crippen molar-refractivity contribution >= 4 is 17.4 Å². The molecule has 0 saturated heterocycles. The fraction of sp³-hybridized carbons (Fsp3) is 0.133. The van der Waals surface area contributed by atoms with Gasteiger partial charge in [-0.2, -0.15) is 0 Å². The van der Waals surface area contributed by atoms with Gasteiger partial charge in [-0.05, 0) is 31.2 Å². The van der Waals surface area contributed by atoms with E-state index < -0.39 is 11.6 Å². The Morgan fingerprint density at radius 2 is 2.00 bits per heavy atom. The van der Waals surface area contributed by atoms with Crippen molar-refractivity contribution in [2.45, 2.75) is 13.5 Å². The molecule has 0 radical (unpaired) electrons. The van der Waals surface area contributed by atoms with E-state index in [-0.39, 0.29) is 23.7 Å². The average Bonchev–Trinajstić information content (AvgIpc) is 2.41. The monoisotopic (exact) mass is 296 g/mol. The highest BCUT2D eigenvalue weighted by atomic mass is 35.5. The first-order valence-corrected chi connectivity index (χ1v) is 6.23. The van der Waals surface area contributed by atoms with E-state index in [1.54, 1.807) is 6.07 Å². The second kappa shape index (κ2) is 6.01. The average molecular weight is 297 g/mol. The van der Waals surface area contributed by atoms with Crippen LogP contribution >= 0.6 is 11.6 Å². The van der Waals surface area contributed by atoms with Crippen LogP contribution < -0.4 is 4.74 Å². The normalized spacial score (nSPS) is 10.4. The smallest absolute Gasteiger partial charge is 0.165 e. The van der Waals surface area contributed by atoms with Crippen LogP contribution in [0.5, 0.6) is 5.75 Å². The zero-order chi connectivity index (χ0) is 14.7. The summed E-state index contributed by atoms with van der Waals surface area (Å²) in [6, 6.07) is 8.40. The maximum atomic E-state index is 13.5. The van der Waals surface area contributed by atoms with E-state index in [1.165, 1.54) is 31.2 Å². The fourth-order valence-electron chi connectivity index (χ4n) is 1.72. The lowest BCUT2D eigenvalue weighted by atomic mass is 10.1. The largest absolute Gasteiger partial charge is 0.488 e. The first-order valence-electron chi connectivity index (χ1n) is 5.85. The minimum absolute atomic E-state index is 0.0782. The molecule has 0 spiro atoms. The van der Waals surface area contributed by atoms with Crippen molar-refractivity contribution in [3.8, 4) is 5.75 Å². The molecule has 2 aromatic carbocycles. The zero-order valence-corrected chi connectivity index (χ0v) is 11.4. The van der Waals surface area contributed by atoms with Crippen LogP contribution in [0.1, 0.15) is 22.8 Å². The molecule has 2 rings (SSSR count). The Balaban J connectivity index is 2.23. The first-order chi connectivity index (χ1) is 9.49. The number of benzene rings is 2. The van der Waals surface area contributed by atoms with E-state index in [0.29, 0.717) is 10.6 Å². The van der Waals surface area contributed by atoms with E-state index in [9.17, 15) is 13.6 Å². The molecule has 0 amide bonds. The van der Waals surface area contributed by atoms with Crippen molar-refractivity contribution in [3.63, 3.8) is 0 Å². The van der Waals surface area contributed by atoms with E-state index >= 15 is 0 Å². The van der Waals surface area contributed by atoms with E-state index in [0.717, 1.165) is 6.07 Å². The molecular formula is C15H11ClF2O2. The molecule has 0 aliphatic carbocycles. The molecule has 0 unspecified atom stereocenters. The lowest BCUT2D eigenvalue weighted by Gasteiger charge is -2.11. The van der Waals surface area contributed by atoms with Gasteiger partial charge < -0.3 is 4.74 Å². The molecule has 0 atom stereocenters. The number of Topliss-reactive ketones (excluding diaryl/α,β-unsaturated/α-hetero) is 1. The molecule has 0 saturated carbocycles. The molecule has 0 aliphatic heterocycles. The zero-order valence-electron chi connectivity index (χ0n) is 10.6. The molecule has 2 nitrogen and oxygen atoms in total. The second-order valence-electron chi connectivity index (χ2n) is 4.20. The molecule has 0 N–H and O–H groups in total. The number of hydrogen-bond acceptors (Lipinski definition) is 2. The van der Waals surface area contributed by atoms with Crippen LogP contribution in [0.3, 0.4) is 0 Å². The Kier molecular flexibility index (Phi) is 4.35. The molecule has 5 heteroatoms. The van der Waals surface area contributed by atoms with Gasteiger partial charge in [0.1, 0.15) is 12.4 Å². The van der Waals surface area contributed by atoms with Crippen molar-refractivity contribution in [2.24, 2.45) is 0 Å². The summed E-state index contributed by atoms with van der Waals surface area (Å²) in [4.78, 5) is 11.5. The van der Waals surface area contributed by atoms with Crippen LogP contribution in [-0.4, -0.2) is 5.78 Å². The third-order valence-electron chi connectivity index (χ3n) is 2.74.